The number of Topliss-reactive ketones (excluding diaryl/α,β-unsaturated/α-hetero) is 1. The second-order valence-electron chi connectivity index (χ2n) is 4.55. The van der Waals surface area contributed by atoms with E-state index in [9.17, 15) is 9.18 Å². The van der Waals surface area contributed by atoms with Crippen LogP contribution in [0.5, 0.6) is 0 Å². The molecule has 0 spiro atoms. The summed E-state index contributed by atoms with van der Waals surface area (Å²) < 4.78 is 13.4. The highest BCUT2D eigenvalue weighted by Crippen LogP contribution is 2.24. The minimum atomic E-state index is -0.293. The molecule has 0 amide bonds. The van der Waals surface area contributed by atoms with E-state index in [1.165, 1.54) is 12.1 Å². The molecule has 1 atom stereocenters. The van der Waals surface area contributed by atoms with Gasteiger partial charge in [0.2, 0.25) is 0 Å². The highest BCUT2D eigenvalue weighted by atomic mass is 19.1. The van der Waals surface area contributed by atoms with Crippen LogP contribution in [0.4, 0.5) is 4.39 Å². The molecule has 1 N–H and O–H groups in total. The average molecular weight is 247 g/mol. The summed E-state index contributed by atoms with van der Waals surface area (Å²) in [5, 5.41) is 3.29. The first kappa shape index (κ1) is 13.0. The molecule has 3 heteroatoms. The smallest absolute Gasteiger partial charge is 0.163 e. The molecule has 1 unspecified atom stereocenters. The van der Waals surface area contributed by atoms with Crippen LogP contribution in [-0.4, -0.2) is 12.3 Å². The lowest BCUT2D eigenvalue weighted by molar-refractivity contribution is 0.0980. The highest BCUT2D eigenvalue weighted by Gasteiger charge is 2.18. The molecule has 0 saturated heterocycles. The maximum atomic E-state index is 13.4. The largest absolute Gasteiger partial charge is 0.306 e. The van der Waals surface area contributed by atoms with Crippen LogP contribution in [0.15, 0.2) is 30.4 Å². The summed E-state index contributed by atoms with van der Waals surface area (Å²) in [4.78, 5) is 12.0. The van der Waals surface area contributed by atoms with Crippen molar-refractivity contribution < 1.29 is 9.18 Å². The fourth-order valence-electron chi connectivity index (χ4n) is 2.24. The van der Waals surface area contributed by atoms with Crippen LogP contribution in [0.2, 0.25) is 0 Å². The summed E-state index contributed by atoms with van der Waals surface area (Å²) in [7, 11) is 0. The fraction of sp³-hybridized carbons (Fsp3) is 0.400. The van der Waals surface area contributed by atoms with E-state index in [0.717, 1.165) is 24.9 Å². The van der Waals surface area contributed by atoms with Gasteiger partial charge in [-0.2, -0.15) is 0 Å². The van der Waals surface area contributed by atoms with Crippen LogP contribution in [-0.2, 0) is 0 Å². The standard InChI is InChI=1S/C15H18FNO/c1-2-5-15(18)12-8-7-11(16)10-13(12)14-6-3-4-9-17-14/h3,6-8,10,14,17H,2,4-5,9H2,1H3. The first-order chi connectivity index (χ1) is 8.72. The highest BCUT2D eigenvalue weighted by molar-refractivity contribution is 5.97. The average Bonchev–Trinajstić information content (AvgIpc) is 2.40. The van der Waals surface area contributed by atoms with Crippen molar-refractivity contribution in [2.24, 2.45) is 0 Å². The van der Waals surface area contributed by atoms with Crippen molar-refractivity contribution in [2.75, 3.05) is 6.54 Å². The van der Waals surface area contributed by atoms with Gasteiger partial charge in [-0.1, -0.05) is 19.1 Å². The maximum Gasteiger partial charge on any atom is 0.163 e. The van der Waals surface area contributed by atoms with Crippen molar-refractivity contribution in [1.29, 1.82) is 0 Å². The van der Waals surface area contributed by atoms with Crippen LogP contribution < -0.4 is 5.32 Å². The number of hydrogen-bond acceptors (Lipinski definition) is 2. The Kier molecular flexibility index (Phi) is 4.26. The zero-order valence-electron chi connectivity index (χ0n) is 10.6. The Hall–Kier alpha value is -1.48. The van der Waals surface area contributed by atoms with Gasteiger partial charge in [-0.05, 0) is 43.1 Å². The minimum Gasteiger partial charge on any atom is -0.306 e. The monoisotopic (exact) mass is 247 g/mol. The van der Waals surface area contributed by atoms with Crippen molar-refractivity contribution >= 4 is 5.78 Å². The number of benzene rings is 1. The second kappa shape index (κ2) is 5.91. The van der Waals surface area contributed by atoms with Crippen molar-refractivity contribution in [3.63, 3.8) is 0 Å². The van der Waals surface area contributed by atoms with Gasteiger partial charge in [0.25, 0.3) is 0 Å². The molecule has 0 saturated carbocycles. The lowest BCUT2D eigenvalue weighted by Crippen LogP contribution is -2.25. The molecule has 1 heterocycles. The van der Waals surface area contributed by atoms with Crippen molar-refractivity contribution in [3.05, 3.63) is 47.3 Å². The Balaban J connectivity index is 2.36. The molecule has 0 aliphatic carbocycles. The summed E-state index contributed by atoms with van der Waals surface area (Å²) in [6, 6.07) is 4.38. The molecule has 2 rings (SSSR count). The van der Waals surface area contributed by atoms with Crippen LogP contribution in [0.3, 0.4) is 0 Å². The summed E-state index contributed by atoms with van der Waals surface area (Å²) in [6.45, 7) is 2.83. The molecular weight excluding hydrogens is 229 g/mol. The van der Waals surface area contributed by atoms with E-state index >= 15 is 0 Å². The summed E-state index contributed by atoms with van der Waals surface area (Å²) >= 11 is 0. The fourth-order valence-corrected chi connectivity index (χ4v) is 2.24. The Labute approximate surface area is 107 Å². The van der Waals surface area contributed by atoms with Crippen LogP contribution in [0.1, 0.15) is 48.1 Å². The van der Waals surface area contributed by atoms with Crippen molar-refractivity contribution in [2.45, 2.75) is 32.2 Å². The Morgan fingerprint density at radius 2 is 2.33 bits per heavy atom. The number of carbonyl (C=O) groups is 1. The third-order valence-electron chi connectivity index (χ3n) is 3.13. The Bertz CT molecular complexity index is 468. The molecule has 96 valence electrons. The molecule has 0 fully saturated rings. The topological polar surface area (TPSA) is 29.1 Å². The van der Waals surface area contributed by atoms with Gasteiger partial charge in [0.15, 0.2) is 5.78 Å². The molecule has 2 nitrogen and oxygen atoms in total. The van der Waals surface area contributed by atoms with Gasteiger partial charge in [-0.15, -0.1) is 0 Å². The number of halogens is 1. The van der Waals surface area contributed by atoms with Gasteiger partial charge >= 0.3 is 0 Å². The molecule has 18 heavy (non-hydrogen) atoms. The first-order valence-corrected chi connectivity index (χ1v) is 6.45. The number of nitrogens with one attached hydrogen (secondary N) is 1. The third-order valence-corrected chi connectivity index (χ3v) is 3.13. The molecular formula is C15H18FNO. The Morgan fingerprint density at radius 3 is 3.00 bits per heavy atom. The predicted octanol–water partition coefficient (Wildman–Crippen LogP) is 3.40. The predicted molar refractivity (Wildman–Crippen MR) is 70.1 cm³/mol. The number of rotatable bonds is 4. The van der Waals surface area contributed by atoms with Crippen LogP contribution in [0.25, 0.3) is 0 Å². The van der Waals surface area contributed by atoms with E-state index in [-0.39, 0.29) is 17.6 Å². The lowest BCUT2D eigenvalue weighted by Gasteiger charge is -2.21. The molecule has 1 aromatic carbocycles. The molecule has 1 aliphatic heterocycles. The quantitative estimate of drug-likeness (QED) is 0.652. The van der Waals surface area contributed by atoms with Gasteiger partial charge in [-0.25, -0.2) is 4.39 Å². The second-order valence-corrected chi connectivity index (χ2v) is 4.55. The summed E-state index contributed by atoms with van der Waals surface area (Å²) in [6.07, 6.45) is 6.36. The zero-order chi connectivity index (χ0) is 13.0. The number of carbonyl (C=O) groups excluding carboxylic acids is 1. The van der Waals surface area contributed by atoms with Crippen LogP contribution in [0, 0.1) is 5.82 Å². The SMILES string of the molecule is CCCC(=O)c1ccc(F)cc1C1C=CCCN1. The van der Waals surface area contributed by atoms with Crippen molar-refractivity contribution in [1.82, 2.24) is 5.32 Å². The normalized spacial score (nSPS) is 18.9. The van der Waals surface area contributed by atoms with E-state index in [1.807, 2.05) is 13.0 Å². The molecule has 0 aromatic heterocycles. The van der Waals surface area contributed by atoms with Gasteiger partial charge in [0.05, 0.1) is 6.04 Å². The van der Waals surface area contributed by atoms with E-state index < -0.39 is 0 Å². The Morgan fingerprint density at radius 1 is 1.50 bits per heavy atom. The zero-order valence-corrected chi connectivity index (χ0v) is 10.6. The molecule has 1 aromatic rings. The van der Waals surface area contributed by atoms with E-state index in [2.05, 4.69) is 11.4 Å². The molecule has 0 bridgehead atoms. The molecule has 1 aliphatic rings. The summed E-state index contributed by atoms with van der Waals surface area (Å²) in [5.41, 5.74) is 1.40. The van der Waals surface area contributed by atoms with E-state index in [1.54, 1.807) is 6.07 Å². The summed E-state index contributed by atoms with van der Waals surface area (Å²) in [5.74, 6) is -0.202. The van der Waals surface area contributed by atoms with E-state index in [4.69, 9.17) is 0 Å². The van der Waals surface area contributed by atoms with Gasteiger partial charge in [0.1, 0.15) is 5.82 Å². The first-order valence-electron chi connectivity index (χ1n) is 6.45. The van der Waals surface area contributed by atoms with Crippen LogP contribution >= 0.6 is 0 Å². The molecule has 0 radical (unpaired) electrons. The number of hydrogen-bond donors (Lipinski definition) is 1. The third kappa shape index (κ3) is 2.85. The van der Waals surface area contributed by atoms with Gasteiger partial charge < -0.3 is 5.32 Å². The minimum absolute atomic E-state index is 0.0507. The lowest BCUT2D eigenvalue weighted by atomic mass is 9.94. The van der Waals surface area contributed by atoms with Gasteiger partial charge in [-0.3, -0.25) is 4.79 Å². The van der Waals surface area contributed by atoms with Crippen molar-refractivity contribution in [3.8, 4) is 0 Å². The van der Waals surface area contributed by atoms with E-state index in [0.29, 0.717) is 12.0 Å². The van der Waals surface area contributed by atoms with Gasteiger partial charge in [0, 0.05) is 12.0 Å². The number of ketones is 1. The maximum absolute atomic E-state index is 13.4.